The van der Waals surface area contributed by atoms with E-state index in [1.54, 1.807) is 43.0 Å². The van der Waals surface area contributed by atoms with Gasteiger partial charge in [0.25, 0.3) is 5.56 Å². The summed E-state index contributed by atoms with van der Waals surface area (Å²) in [4.78, 5) is 18.3. The van der Waals surface area contributed by atoms with Crippen molar-refractivity contribution in [1.29, 1.82) is 0 Å². The molecule has 0 amide bonds. The second kappa shape index (κ2) is 10.3. The monoisotopic (exact) mass is 502 g/mol. The number of aromatic nitrogens is 2. The van der Waals surface area contributed by atoms with Gasteiger partial charge in [0.15, 0.2) is 16.5 Å². The van der Waals surface area contributed by atoms with Crippen molar-refractivity contribution >= 4 is 28.4 Å². The molecule has 0 atom stereocenters. The summed E-state index contributed by atoms with van der Waals surface area (Å²) in [7, 11) is 3.10. The molecule has 0 unspecified atom stereocenters. The van der Waals surface area contributed by atoms with E-state index in [4.69, 9.17) is 14.2 Å². The summed E-state index contributed by atoms with van der Waals surface area (Å²) < 4.78 is 56.8. The Hall–Kier alpha value is -3.63. The zero-order chi connectivity index (χ0) is 25.0. The van der Waals surface area contributed by atoms with Crippen molar-refractivity contribution in [2.75, 3.05) is 27.4 Å². The van der Waals surface area contributed by atoms with Gasteiger partial charge in [0.05, 0.1) is 30.5 Å². The number of hydrogen-bond donors (Lipinski definition) is 0. The first-order valence-corrected chi connectivity index (χ1v) is 11.4. The van der Waals surface area contributed by atoms with Gasteiger partial charge in [-0.05, 0) is 35.9 Å². The molecule has 182 valence electrons. The lowest BCUT2D eigenvalue weighted by molar-refractivity contribution is -0.137. The van der Waals surface area contributed by atoms with Crippen LogP contribution in [0, 0.1) is 0 Å². The SMILES string of the molecule is COCCOc1c(C=Cc2nc3sccn3c(=O)c2-c2ccc(C(F)(F)F)cc2)cccc1OC. The summed E-state index contributed by atoms with van der Waals surface area (Å²) in [6, 6.07) is 9.83. The maximum atomic E-state index is 13.3. The van der Waals surface area contributed by atoms with E-state index < -0.39 is 11.7 Å². The van der Waals surface area contributed by atoms with Crippen molar-refractivity contribution in [3.63, 3.8) is 0 Å². The van der Waals surface area contributed by atoms with Gasteiger partial charge >= 0.3 is 6.18 Å². The first-order chi connectivity index (χ1) is 16.8. The lowest BCUT2D eigenvalue weighted by Crippen LogP contribution is -2.17. The van der Waals surface area contributed by atoms with E-state index in [1.807, 2.05) is 6.07 Å². The van der Waals surface area contributed by atoms with Crippen LogP contribution in [0.4, 0.5) is 13.2 Å². The second-order valence-corrected chi connectivity index (χ2v) is 8.23. The van der Waals surface area contributed by atoms with Crippen LogP contribution >= 0.6 is 11.3 Å². The molecule has 0 N–H and O–H groups in total. The van der Waals surface area contributed by atoms with Gasteiger partial charge in [0.1, 0.15) is 6.61 Å². The van der Waals surface area contributed by atoms with E-state index in [1.165, 1.54) is 35.0 Å². The Morgan fingerprint density at radius 1 is 1.06 bits per heavy atom. The van der Waals surface area contributed by atoms with Crippen molar-refractivity contribution in [2.45, 2.75) is 6.18 Å². The number of ether oxygens (including phenoxy) is 3. The number of fused-ring (bicyclic) bond motifs is 1. The van der Waals surface area contributed by atoms with Crippen LogP contribution in [0.2, 0.25) is 0 Å². The molecule has 2 aromatic carbocycles. The number of nitrogens with zero attached hydrogens (tertiary/aromatic N) is 2. The third-order valence-electron chi connectivity index (χ3n) is 5.18. The minimum Gasteiger partial charge on any atom is -0.493 e. The molecule has 35 heavy (non-hydrogen) atoms. The van der Waals surface area contributed by atoms with E-state index in [-0.39, 0.29) is 11.1 Å². The largest absolute Gasteiger partial charge is 0.493 e. The van der Waals surface area contributed by atoms with Crippen molar-refractivity contribution in [2.24, 2.45) is 0 Å². The number of halogens is 3. The summed E-state index contributed by atoms with van der Waals surface area (Å²) >= 11 is 1.28. The fourth-order valence-electron chi connectivity index (χ4n) is 3.49. The quantitative estimate of drug-likeness (QED) is 0.292. The topological polar surface area (TPSA) is 62.1 Å². The molecular weight excluding hydrogens is 481 g/mol. The van der Waals surface area contributed by atoms with Gasteiger partial charge in [0, 0.05) is 24.3 Å². The molecule has 0 fully saturated rings. The highest BCUT2D eigenvalue weighted by molar-refractivity contribution is 7.15. The third-order valence-corrected chi connectivity index (χ3v) is 5.94. The second-order valence-electron chi connectivity index (χ2n) is 7.36. The zero-order valence-electron chi connectivity index (χ0n) is 18.8. The van der Waals surface area contributed by atoms with E-state index >= 15 is 0 Å². The number of thiazole rings is 1. The molecule has 10 heteroatoms. The molecule has 0 radical (unpaired) electrons. The Kier molecular flexibility index (Phi) is 7.23. The van der Waals surface area contributed by atoms with Crippen LogP contribution < -0.4 is 15.0 Å². The van der Waals surface area contributed by atoms with Gasteiger partial charge < -0.3 is 14.2 Å². The van der Waals surface area contributed by atoms with Gasteiger partial charge in [-0.1, -0.05) is 24.3 Å². The number of hydrogen-bond acceptors (Lipinski definition) is 6. The van der Waals surface area contributed by atoms with Crippen LogP contribution in [-0.4, -0.2) is 36.8 Å². The van der Waals surface area contributed by atoms with Crippen LogP contribution in [0.5, 0.6) is 11.5 Å². The standard InChI is InChI=1S/C25H21F3N2O4S/c1-32-13-14-34-22-17(4-3-5-20(22)33-2)8-11-19-21(23(31)30-12-15-35-24(30)29-19)16-6-9-18(10-7-16)25(26,27)28/h3-12,15H,13-14H2,1-2H3. The number of alkyl halides is 3. The minimum atomic E-state index is -4.47. The highest BCUT2D eigenvalue weighted by Gasteiger charge is 2.30. The van der Waals surface area contributed by atoms with Gasteiger partial charge in [-0.2, -0.15) is 13.2 Å². The summed E-state index contributed by atoms with van der Waals surface area (Å²) in [5.74, 6) is 1.02. The van der Waals surface area contributed by atoms with Gasteiger partial charge in [-0.25, -0.2) is 4.98 Å². The molecule has 0 bridgehead atoms. The Balaban J connectivity index is 1.81. The van der Waals surface area contributed by atoms with Crippen molar-refractivity contribution < 1.29 is 27.4 Å². The van der Waals surface area contributed by atoms with Crippen LogP contribution in [-0.2, 0) is 10.9 Å². The molecule has 2 heterocycles. The van der Waals surface area contributed by atoms with Crippen molar-refractivity contribution in [3.05, 3.63) is 81.2 Å². The molecule has 0 saturated carbocycles. The highest BCUT2D eigenvalue weighted by Crippen LogP contribution is 2.34. The predicted molar refractivity (Wildman–Crippen MR) is 129 cm³/mol. The summed E-state index contributed by atoms with van der Waals surface area (Å²) in [6.45, 7) is 0.682. The summed E-state index contributed by atoms with van der Waals surface area (Å²) in [5.41, 5.74) is 0.346. The maximum Gasteiger partial charge on any atom is 0.416 e. The number of rotatable bonds is 8. The van der Waals surface area contributed by atoms with Gasteiger partial charge in [0.2, 0.25) is 0 Å². The Labute approximate surface area is 202 Å². The molecule has 0 spiro atoms. The van der Waals surface area contributed by atoms with Crippen molar-refractivity contribution in [3.8, 4) is 22.6 Å². The van der Waals surface area contributed by atoms with E-state index in [9.17, 15) is 18.0 Å². The molecule has 4 rings (SSSR count). The Morgan fingerprint density at radius 3 is 2.51 bits per heavy atom. The fourth-order valence-corrected chi connectivity index (χ4v) is 4.20. The average molecular weight is 503 g/mol. The van der Waals surface area contributed by atoms with Gasteiger partial charge in [-0.15, -0.1) is 11.3 Å². The predicted octanol–water partition coefficient (Wildman–Crippen LogP) is 5.65. The van der Waals surface area contributed by atoms with Crippen LogP contribution in [0.15, 0.2) is 58.8 Å². The molecule has 0 aliphatic heterocycles. The van der Waals surface area contributed by atoms with E-state index in [0.717, 1.165) is 12.1 Å². The third kappa shape index (κ3) is 5.23. The fraction of sp³-hybridized carbons (Fsp3) is 0.200. The van der Waals surface area contributed by atoms with Crippen molar-refractivity contribution in [1.82, 2.24) is 9.38 Å². The Bertz CT molecular complexity index is 1410. The number of methoxy groups -OCH3 is 2. The van der Waals surface area contributed by atoms with E-state index in [0.29, 0.717) is 46.5 Å². The molecule has 0 saturated heterocycles. The molecule has 4 aromatic rings. The molecular formula is C25H21F3N2O4S. The molecule has 0 aliphatic carbocycles. The molecule has 2 aromatic heterocycles. The summed E-state index contributed by atoms with van der Waals surface area (Å²) in [5, 5.41) is 1.72. The molecule has 6 nitrogen and oxygen atoms in total. The van der Waals surface area contributed by atoms with Crippen LogP contribution in [0.1, 0.15) is 16.8 Å². The Morgan fingerprint density at radius 2 is 1.83 bits per heavy atom. The van der Waals surface area contributed by atoms with E-state index in [2.05, 4.69) is 4.98 Å². The normalized spacial score (nSPS) is 11.9. The lowest BCUT2D eigenvalue weighted by atomic mass is 10.0. The minimum absolute atomic E-state index is 0.190. The number of para-hydroxylation sites is 1. The number of benzene rings is 2. The maximum absolute atomic E-state index is 13.3. The highest BCUT2D eigenvalue weighted by atomic mass is 32.1. The first kappa shape index (κ1) is 24.5. The van der Waals surface area contributed by atoms with Gasteiger partial charge in [-0.3, -0.25) is 9.20 Å². The zero-order valence-corrected chi connectivity index (χ0v) is 19.7. The average Bonchev–Trinajstić information content (AvgIpc) is 3.32. The summed E-state index contributed by atoms with van der Waals surface area (Å²) in [6.07, 6.45) is 0.480. The first-order valence-electron chi connectivity index (χ1n) is 10.5. The molecule has 0 aliphatic rings. The van der Waals surface area contributed by atoms with Crippen LogP contribution in [0.25, 0.3) is 28.2 Å². The lowest BCUT2D eigenvalue weighted by Gasteiger charge is -2.13. The smallest absolute Gasteiger partial charge is 0.416 e. The van der Waals surface area contributed by atoms with Crippen LogP contribution in [0.3, 0.4) is 0 Å².